The number of carbonyl (C=O) groups excluding carboxylic acids is 6. The van der Waals surface area contributed by atoms with Crippen LogP contribution in [0.2, 0.25) is 0 Å². The Bertz CT molecular complexity index is 1960. The van der Waals surface area contributed by atoms with Gasteiger partial charge in [0, 0.05) is 37.7 Å². The number of aromatic nitrogens is 2. The molecule has 2 aromatic rings. The third kappa shape index (κ3) is 19.5. The van der Waals surface area contributed by atoms with Crippen molar-refractivity contribution in [2.24, 2.45) is 22.2 Å². The zero-order valence-corrected chi connectivity index (χ0v) is 33.9. The number of carboxylic acid groups (broad SMARTS) is 4. The van der Waals surface area contributed by atoms with Crippen molar-refractivity contribution in [1.82, 2.24) is 41.9 Å². The van der Waals surface area contributed by atoms with Crippen molar-refractivity contribution in [2.75, 3.05) is 6.54 Å². The fourth-order valence-corrected chi connectivity index (χ4v) is 5.62. The number of nitrogens with zero attached hydrogens (tertiary/aromatic N) is 2. The summed E-state index contributed by atoms with van der Waals surface area (Å²) in [5.41, 5.74) is 17.4. The molecule has 6 amide bonds. The van der Waals surface area contributed by atoms with Gasteiger partial charge in [-0.25, -0.2) is 9.78 Å². The van der Waals surface area contributed by atoms with Gasteiger partial charge in [0.15, 0.2) is 5.96 Å². The van der Waals surface area contributed by atoms with Crippen LogP contribution in [0.5, 0.6) is 0 Å². The van der Waals surface area contributed by atoms with E-state index in [1.54, 1.807) is 30.3 Å². The Kier molecular flexibility index (Phi) is 21.1. The van der Waals surface area contributed by atoms with Crippen LogP contribution < -0.4 is 49.1 Å². The van der Waals surface area contributed by atoms with Crippen LogP contribution in [0.1, 0.15) is 56.7 Å². The van der Waals surface area contributed by atoms with E-state index in [9.17, 15) is 58.2 Å². The first kappa shape index (κ1) is 51.5. The standard InChI is InChI=1S/C37H52N12O14/c1-18(30(56)49-26(36(62)63)15-29(54)55)44-32(58)23(9-10-27(50)51)46-34(60)24(12-19-6-3-2-4-7-19)48-33(59)22(8-5-11-42-37(39)40)45-35(61)25(13-20-16-41-17-43-20)47-31(57)21(38)14-28(52)53/h2-4,6-7,16-18,21-26H,5,8-15,38H2,1H3,(H,41,43)(H,44,58)(H,45,61)(H,46,60)(H,47,57)(H,48,59)(H,49,56)(H,50,51)(H,52,53)(H,54,55)(H,62,63)(H4,39,40,42)/t18-,21-,22-,23-,24-,25-,26-/m0/s1. The summed E-state index contributed by atoms with van der Waals surface area (Å²) in [6.07, 6.45) is -0.819. The van der Waals surface area contributed by atoms with Crippen LogP contribution in [-0.2, 0) is 60.8 Å². The lowest BCUT2D eigenvalue weighted by atomic mass is 10.0. The van der Waals surface area contributed by atoms with Gasteiger partial charge in [0.25, 0.3) is 0 Å². The molecule has 26 nitrogen and oxygen atoms in total. The van der Waals surface area contributed by atoms with Crippen LogP contribution in [0, 0.1) is 0 Å². The number of nitrogens with one attached hydrogen (secondary N) is 7. The molecule has 1 aromatic heterocycles. The van der Waals surface area contributed by atoms with E-state index in [1.165, 1.54) is 12.5 Å². The van der Waals surface area contributed by atoms with Gasteiger partial charge in [0.2, 0.25) is 35.4 Å². The number of H-pyrrole nitrogens is 1. The van der Waals surface area contributed by atoms with Crippen LogP contribution >= 0.6 is 0 Å². The number of aliphatic imine (C=N–C) groups is 1. The second-order valence-electron chi connectivity index (χ2n) is 14.0. The van der Waals surface area contributed by atoms with Crippen molar-refractivity contribution in [3.05, 3.63) is 54.1 Å². The predicted molar refractivity (Wildman–Crippen MR) is 217 cm³/mol. The number of amides is 6. The van der Waals surface area contributed by atoms with Crippen molar-refractivity contribution in [3.8, 4) is 0 Å². The largest absolute Gasteiger partial charge is 0.481 e. The molecule has 2 rings (SSSR count). The molecule has 0 radical (unpaired) electrons. The van der Waals surface area contributed by atoms with Gasteiger partial charge in [-0.3, -0.25) is 48.1 Å². The minimum Gasteiger partial charge on any atom is -0.481 e. The molecule has 0 unspecified atom stereocenters. The number of nitrogens with two attached hydrogens (primary N) is 3. The number of hydrogen-bond donors (Lipinski definition) is 14. The van der Waals surface area contributed by atoms with E-state index in [1.807, 2.05) is 5.32 Å². The molecule has 0 fully saturated rings. The van der Waals surface area contributed by atoms with Crippen LogP contribution in [0.3, 0.4) is 0 Å². The number of carbonyl (C=O) groups is 10. The molecule has 0 bridgehead atoms. The zero-order valence-electron chi connectivity index (χ0n) is 33.9. The Labute approximate surface area is 358 Å². The number of aliphatic carboxylic acids is 4. The van der Waals surface area contributed by atoms with Gasteiger partial charge in [-0.05, 0) is 31.7 Å². The van der Waals surface area contributed by atoms with Gasteiger partial charge in [-0.15, -0.1) is 0 Å². The average molecular weight is 889 g/mol. The first-order valence-electron chi connectivity index (χ1n) is 19.2. The molecule has 26 heteroatoms. The van der Waals surface area contributed by atoms with E-state index in [-0.39, 0.29) is 38.2 Å². The number of aromatic amines is 1. The van der Waals surface area contributed by atoms with E-state index in [0.29, 0.717) is 11.3 Å². The van der Waals surface area contributed by atoms with Crippen LogP contribution in [-0.4, -0.2) is 145 Å². The summed E-state index contributed by atoms with van der Waals surface area (Å²) < 4.78 is 0. The first-order valence-corrected chi connectivity index (χ1v) is 19.2. The summed E-state index contributed by atoms with van der Waals surface area (Å²) in [7, 11) is 0. The molecule has 1 heterocycles. The summed E-state index contributed by atoms with van der Waals surface area (Å²) in [6.45, 7) is 1.11. The molecular weight excluding hydrogens is 836 g/mol. The quantitative estimate of drug-likeness (QED) is 0.0217. The molecule has 0 aliphatic carbocycles. The van der Waals surface area contributed by atoms with Gasteiger partial charge in [-0.2, -0.15) is 0 Å². The molecule has 0 saturated heterocycles. The number of hydrogen-bond acceptors (Lipinski definition) is 13. The van der Waals surface area contributed by atoms with Crippen molar-refractivity contribution in [1.29, 1.82) is 0 Å². The number of guanidine groups is 1. The predicted octanol–water partition coefficient (Wildman–Crippen LogP) is -4.60. The molecule has 1 aromatic carbocycles. The average Bonchev–Trinajstić information content (AvgIpc) is 3.72. The third-order valence-corrected chi connectivity index (χ3v) is 8.86. The number of imidazole rings is 1. The highest BCUT2D eigenvalue weighted by Crippen LogP contribution is 2.09. The van der Waals surface area contributed by atoms with E-state index >= 15 is 0 Å². The zero-order chi connectivity index (χ0) is 47.2. The highest BCUT2D eigenvalue weighted by molar-refractivity contribution is 5.97. The van der Waals surface area contributed by atoms with E-state index in [2.05, 4.69) is 41.5 Å². The van der Waals surface area contributed by atoms with Crippen LogP contribution in [0.15, 0.2) is 47.8 Å². The lowest BCUT2D eigenvalue weighted by Crippen LogP contribution is -2.60. The Balaban J connectivity index is 2.44. The molecule has 0 aliphatic heterocycles. The van der Waals surface area contributed by atoms with Gasteiger partial charge >= 0.3 is 23.9 Å². The van der Waals surface area contributed by atoms with E-state index in [0.717, 1.165) is 6.92 Å². The lowest BCUT2D eigenvalue weighted by molar-refractivity contribution is -0.147. The van der Waals surface area contributed by atoms with E-state index in [4.69, 9.17) is 27.4 Å². The fourth-order valence-electron chi connectivity index (χ4n) is 5.62. The maximum absolute atomic E-state index is 14.1. The van der Waals surface area contributed by atoms with Gasteiger partial charge in [0.1, 0.15) is 36.3 Å². The highest BCUT2D eigenvalue weighted by atomic mass is 16.4. The Hall–Kier alpha value is -7.64. The van der Waals surface area contributed by atoms with Gasteiger partial charge in [0.05, 0.1) is 25.2 Å². The van der Waals surface area contributed by atoms with Crippen LogP contribution in [0.4, 0.5) is 0 Å². The van der Waals surface area contributed by atoms with Crippen molar-refractivity contribution >= 4 is 65.3 Å². The van der Waals surface area contributed by atoms with Gasteiger partial charge < -0.3 is 74.5 Å². The van der Waals surface area contributed by atoms with Crippen molar-refractivity contribution in [3.63, 3.8) is 0 Å². The highest BCUT2D eigenvalue weighted by Gasteiger charge is 2.34. The normalized spacial score (nSPS) is 14.1. The van der Waals surface area contributed by atoms with Gasteiger partial charge in [-0.1, -0.05) is 30.3 Å². The van der Waals surface area contributed by atoms with Crippen LogP contribution in [0.25, 0.3) is 0 Å². The summed E-state index contributed by atoms with van der Waals surface area (Å²) in [5.74, 6) is -12.3. The monoisotopic (exact) mass is 888 g/mol. The number of carboxylic acids is 4. The molecule has 344 valence electrons. The maximum Gasteiger partial charge on any atom is 0.326 e. The number of benzene rings is 1. The minimum atomic E-state index is -1.86. The van der Waals surface area contributed by atoms with Crippen molar-refractivity contribution in [2.45, 2.75) is 101 Å². The summed E-state index contributed by atoms with van der Waals surface area (Å²) in [6, 6.07) is -2.86. The second-order valence-corrected chi connectivity index (χ2v) is 14.0. The Morgan fingerprint density at radius 2 is 1.17 bits per heavy atom. The molecule has 17 N–H and O–H groups in total. The molecule has 63 heavy (non-hydrogen) atoms. The molecule has 7 atom stereocenters. The summed E-state index contributed by atoms with van der Waals surface area (Å²) >= 11 is 0. The molecular formula is C37H52N12O14. The summed E-state index contributed by atoms with van der Waals surface area (Å²) in [4.78, 5) is 137. The molecule has 0 aliphatic rings. The first-order chi connectivity index (χ1) is 29.7. The molecule has 0 saturated carbocycles. The smallest absolute Gasteiger partial charge is 0.326 e. The SMILES string of the molecule is C[C@H](NC(=O)[C@H](CCC(=O)O)NC(=O)[C@H](Cc1ccccc1)NC(=O)[C@H](CCCN=C(N)N)NC(=O)[C@H](Cc1cnc[nH]1)NC(=O)[C@@H](N)CC(=O)O)C(=O)N[C@@H](CC(=O)O)C(=O)O. The lowest BCUT2D eigenvalue weighted by Gasteiger charge is -2.27. The Morgan fingerprint density at radius 1 is 0.651 bits per heavy atom. The second kappa shape index (κ2) is 25.9. The fraction of sp³-hybridized carbons (Fsp3) is 0.459. The summed E-state index contributed by atoms with van der Waals surface area (Å²) in [5, 5.41) is 50.8. The number of rotatable bonds is 28. The molecule has 0 spiro atoms. The third-order valence-electron chi connectivity index (χ3n) is 8.86. The minimum absolute atomic E-state index is 0.0123. The van der Waals surface area contributed by atoms with E-state index < -0.39 is 127 Å². The Morgan fingerprint density at radius 3 is 1.71 bits per heavy atom. The topological polar surface area (TPSA) is 443 Å². The van der Waals surface area contributed by atoms with Crippen molar-refractivity contribution < 1.29 is 68.4 Å². The maximum atomic E-state index is 14.1.